The highest BCUT2D eigenvalue weighted by Crippen LogP contribution is 2.33. The van der Waals surface area contributed by atoms with E-state index in [9.17, 15) is 24.0 Å². The van der Waals surface area contributed by atoms with Gasteiger partial charge in [-0.05, 0) is 31.2 Å². The summed E-state index contributed by atoms with van der Waals surface area (Å²) in [5, 5.41) is 14.8. The topological polar surface area (TPSA) is 146 Å². The maximum Gasteiger partial charge on any atom is 0.315 e. The molecule has 0 spiro atoms. The van der Waals surface area contributed by atoms with Gasteiger partial charge in [0.15, 0.2) is 5.78 Å². The van der Waals surface area contributed by atoms with Gasteiger partial charge in [-0.3, -0.25) is 19.2 Å². The third-order valence-corrected chi connectivity index (χ3v) is 9.70. The zero-order chi connectivity index (χ0) is 32.7. The fourth-order valence-corrected chi connectivity index (χ4v) is 7.24. The molecule has 4 atom stereocenters. The summed E-state index contributed by atoms with van der Waals surface area (Å²) in [5.74, 6) is 2.65. The van der Waals surface area contributed by atoms with Crippen molar-refractivity contribution >= 4 is 41.3 Å². The van der Waals surface area contributed by atoms with Gasteiger partial charge < -0.3 is 26.6 Å². The number of carbonyl (C=O) groups excluding carboxylic acids is 5. The van der Waals surface area contributed by atoms with Crippen LogP contribution in [-0.4, -0.2) is 71.8 Å². The first-order valence-electron chi connectivity index (χ1n) is 16.0. The van der Waals surface area contributed by atoms with Gasteiger partial charge >= 0.3 is 6.03 Å². The zero-order valence-electron chi connectivity index (χ0n) is 26.0. The van der Waals surface area contributed by atoms with E-state index in [-0.39, 0.29) is 61.0 Å². The van der Waals surface area contributed by atoms with E-state index in [0.29, 0.717) is 35.8 Å². The highest BCUT2D eigenvalue weighted by molar-refractivity contribution is 8.00. The van der Waals surface area contributed by atoms with Gasteiger partial charge in [0.25, 0.3) is 0 Å². The maximum absolute atomic E-state index is 12.8. The molecule has 4 rings (SSSR count). The standard InChI is InChI=1S/C35H43N5O5S/c1-2-20-37-34(44)27(22-24-16-18-26(19-17-24)33(43)25-11-5-3-6-12-25)38-31(42)15-7-4-10-21-36-30(41)14-9-8-13-29-32-28(23-46-29)39-35(45)40-32/h1,3,5-6,11-12,16-19,27-29,32H,4,7-10,13-15,20-23H2,(H,36,41)(H,37,44)(H,38,42)(H2,39,40,45)/t27-,28-,29-,32-/m0/s1. The lowest BCUT2D eigenvalue weighted by Gasteiger charge is -2.18. The molecule has 244 valence electrons. The van der Waals surface area contributed by atoms with Crippen molar-refractivity contribution in [2.75, 3.05) is 18.8 Å². The first-order chi connectivity index (χ1) is 22.3. The molecule has 0 unspecified atom stereocenters. The van der Waals surface area contributed by atoms with E-state index >= 15 is 0 Å². The van der Waals surface area contributed by atoms with Gasteiger partial charge in [-0.15, -0.1) is 6.42 Å². The molecule has 2 aromatic carbocycles. The second kappa shape index (κ2) is 18.0. The largest absolute Gasteiger partial charge is 0.356 e. The summed E-state index contributed by atoms with van der Waals surface area (Å²) < 4.78 is 0. The van der Waals surface area contributed by atoms with E-state index in [1.54, 1.807) is 36.4 Å². The SMILES string of the molecule is C#CCNC(=O)[C@H](Cc1ccc(C(=O)c2ccccc2)cc1)NC(=O)CCCCCNC(=O)CCCC[C@@H]1SC[C@@H]2NC(=O)N[C@@H]21. The molecule has 0 aromatic heterocycles. The lowest BCUT2D eigenvalue weighted by atomic mass is 9.99. The molecular weight excluding hydrogens is 602 g/mol. The number of hydrogen-bond acceptors (Lipinski definition) is 6. The number of carbonyl (C=O) groups is 5. The molecule has 2 aliphatic rings. The van der Waals surface area contributed by atoms with Gasteiger partial charge in [0.1, 0.15) is 6.04 Å². The van der Waals surface area contributed by atoms with Gasteiger partial charge in [0, 0.05) is 47.9 Å². The smallest absolute Gasteiger partial charge is 0.315 e. The summed E-state index contributed by atoms with van der Waals surface area (Å²) in [5.41, 5.74) is 1.94. The fraction of sp³-hybridized carbons (Fsp3) is 0.457. The van der Waals surface area contributed by atoms with Crippen LogP contribution >= 0.6 is 11.8 Å². The van der Waals surface area contributed by atoms with E-state index in [1.165, 1.54) is 0 Å². The molecule has 2 aliphatic heterocycles. The minimum absolute atomic E-state index is 0.0313. The molecule has 10 nitrogen and oxygen atoms in total. The van der Waals surface area contributed by atoms with Crippen LogP contribution in [0.3, 0.4) is 0 Å². The number of ketones is 1. The minimum atomic E-state index is -0.807. The number of nitrogens with one attached hydrogen (secondary N) is 5. The lowest BCUT2D eigenvalue weighted by molar-refractivity contribution is -0.128. The van der Waals surface area contributed by atoms with Crippen LogP contribution in [0.4, 0.5) is 4.79 Å². The second-order valence-corrected chi connectivity index (χ2v) is 12.9. The van der Waals surface area contributed by atoms with Crippen LogP contribution in [0.5, 0.6) is 0 Å². The Balaban J connectivity index is 1.11. The molecule has 2 heterocycles. The van der Waals surface area contributed by atoms with Crippen LogP contribution in [0.15, 0.2) is 54.6 Å². The van der Waals surface area contributed by atoms with Crippen molar-refractivity contribution in [1.29, 1.82) is 0 Å². The molecule has 0 radical (unpaired) electrons. The van der Waals surface area contributed by atoms with Crippen molar-refractivity contribution in [3.05, 3.63) is 71.3 Å². The van der Waals surface area contributed by atoms with Crippen LogP contribution in [0.1, 0.15) is 72.9 Å². The normalized spacial score (nSPS) is 18.8. The molecule has 2 fully saturated rings. The molecule has 0 bridgehead atoms. The van der Waals surface area contributed by atoms with E-state index in [2.05, 4.69) is 32.5 Å². The van der Waals surface area contributed by atoms with Crippen LogP contribution in [0.2, 0.25) is 0 Å². The molecule has 11 heteroatoms. The number of thioether (sulfide) groups is 1. The Hall–Kier alpha value is -4.30. The van der Waals surface area contributed by atoms with Crippen molar-refractivity contribution in [2.24, 2.45) is 0 Å². The van der Waals surface area contributed by atoms with E-state index in [0.717, 1.165) is 43.4 Å². The Morgan fingerprint density at radius 1 is 0.870 bits per heavy atom. The van der Waals surface area contributed by atoms with Crippen LogP contribution in [0.25, 0.3) is 0 Å². The van der Waals surface area contributed by atoms with Crippen LogP contribution in [0, 0.1) is 12.3 Å². The summed E-state index contributed by atoms with van der Waals surface area (Å²) in [4.78, 5) is 61.9. The molecule has 2 saturated heterocycles. The third-order valence-electron chi connectivity index (χ3n) is 8.19. The number of amides is 5. The van der Waals surface area contributed by atoms with Gasteiger partial charge in [0.2, 0.25) is 17.7 Å². The summed E-state index contributed by atoms with van der Waals surface area (Å²) in [6.45, 7) is 0.611. The number of fused-ring (bicyclic) bond motifs is 1. The molecule has 5 N–H and O–H groups in total. The number of terminal acetylenes is 1. The van der Waals surface area contributed by atoms with Crippen molar-refractivity contribution < 1.29 is 24.0 Å². The van der Waals surface area contributed by atoms with Crippen molar-refractivity contribution in [3.63, 3.8) is 0 Å². The number of benzene rings is 2. The van der Waals surface area contributed by atoms with E-state index in [4.69, 9.17) is 6.42 Å². The Bertz CT molecular complexity index is 1390. The number of hydrogen-bond donors (Lipinski definition) is 5. The highest BCUT2D eigenvalue weighted by atomic mass is 32.2. The highest BCUT2D eigenvalue weighted by Gasteiger charge is 2.42. The zero-order valence-corrected chi connectivity index (χ0v) is 26.8. The Labute approximate surface area is 275 Å². The van der Waals surface area contributed by atoms with Crippen LogP contribution in [-0.2, 0) is 20.8 Å². The van der Waals surface area contributed by atoms with Crippen molar-refractivity contribution in [1.82, 2.24) is 26.6 Å². The molecule has 5 amide bonds. The predicted octanol–water partition coefficient (Wildman–Crippen LogP) is 3.10. The van der Waals surface area contributed by atoms with Crippen molar-refractivity contribution in [3.8, 4) is 12.3 Å². The number of urea groups is 1. The summed E-state index contributed by atoms with van der Waals surface area (Å²) >= 11 is 1.88. The molecule has 46 heavy (non-hydrogen) atoms. The average molecular weight is 646 g/mol. The quantitative estimate of drug-likeness (QED) is 0.0730. The lowest BCUT2D eigenvalue weighted by Crippen LogP contribution is -2.48. The van der Waals surface area contributed by atoms with Crippen LogP contribution < -0.4 is 26.6 Å². The number of rotatable bonds is 18. The monoisotopic (exact) mass is 645 g/mol. The number of unbranched alkanes of at least 4 members (excludes halogenated alkanes) is 3. The Morgan fingerprint density at radius 2 is 1.59 bits per heavy atom. The first kappa shape index (κ1) is 34.6. The second-order valence-electron chi connectivity index (χ2n) is 11.7. The summed E-state index contributed by atoms with van der Waals surface area (Å²) in [7, 11) is 0. The van der Waals surface area contributed by atoms with Gasteiger partial charge in [-0.2, -0.15) is 11.8 Å². The van der Waals surface area contributed by atoms with Crippen molar-refractivity contribution in [2.45, 2.75) is 81.2 Å². The predicted molar refractivity (Wildman–Crippen MR) is 179 cm³/mol. The average Bonchev–Trinajstić information content (AvgIpc) is 3.62. The third kappa shape index (κ3) is 10.7. The minimum Gasteiger partial charge on any atom is -0.356 e. The summed E-state index contributed by atoms with van der Waals surface area (Å²) in [6.07, 6.45) is 11.2. The first-order valence-corrected chi connectivity index (χ1v) is 17.0. The molecule has 2 aromatic rings. The molecule has 0 aliphatic carbocycles. The van der Waals surface area contributed by atoms with E-state index in [1.807, 2.05) is 30.0 Å². The van der Waals surface area contributed by atoms with Gasteiger partial charge in [-0.25, -0.2) is 4.79 Å². The van der Waals surface area contributed by atoms with Gasteiger partial charge in [0.05, 0.1) is 18.6 Å². The maximum atomic E-state index is 12.8. The van der Waals surface area contributed by atoms with Gasteiger partial charge in [-0.1, -0.05) is 73.4 Å². The fourth-order valence-electron chi connectivity index (χ4n) is 5.70. The molecule has 0 saturated carbocycles. The Morgan fingerprint density at radius 3 is 2.35 bits per heavy atom. The van der Waals surface area contributed by atoms with E-state index < -0.39 is 6.04 Å². The summed E-state index contributed by atoms with van der Waals surface area (Å²) in [6, 6.07) is 15.6. The molecular formula is C35H43N5O5S. The Kier molecular flexibility index (Phi) is 13.5.